The van der Waals surface area contributed by atoms with Crippen LogP contribution in [0.1, 0.15) is 32.4 Å². The van der Waals surface area contributed by atoms with E-state index in [1.54, 1.807) is 11.3 Å². The summed E-state index contributed by atoms with van der Waals surface area (Å²) in [6, 6.07) is 4.76. The highest BCUT2D eigenvalue weighted by atomic mass is 32.1. The van der Waals surface area contributed by atoms with Crippen LogP contribution in [0.3, 0.4) is 0 Å². The van der Waals surface area contributed by atoms with Crippen molar-refractivity contribution in [2.24, 2.45) is 5.92 Å². The normalized spacial score (nSPS) is 16.7. The van der Waals surface area contributed by atoms with E-state index in [4.69, 9.17) is 5.11 Å². The molecule has 2 rings (SSSR count). The minimum absolute atomic E-state index is 0.211. The van der Waals surface area contributed by atoms with Gasteiger partial charge in [0.2, 0.25) is 0 Å². The van der Waals surface area contributed by atoms with Gasteiger partial charge in [-0.15, -0.1) is 11.3 Å². The first kappa shape index (κ1) is 13.5. The summed E-state index contributed by atoms with van der Waals surface area (Å²) in [6.45, 7) is 6.50. The van der Waals surface area contributed by atoms with Crippen molar-refractivity contribution in [2.75, 3.05) is 6.61 Å². The van der Waals surface area contributed by atoms with Crippen molar-refractivity contribution < 1.29 is 5.11 Å². The van der Waals surface area contributed by atoms with Crippen LogP contribution in [0.25, 0.3) is 10.2 Å². The lowest BCUT2D eigenvalue weighted by atomic mass is 10.0. The van der Waals surface area contributed by atoms with Gasteiger partial charge in [0, 0.05) is 24.9 Å². The number of rotatable bonds is 5. The standard InChI is InChI=1S/C14H20N2OS/c1-9(8-17)10(2)16-11(3)12-6-14-13(15-7-12)4-5-18-14/h4-7,9-11,16-17H,8H2,1-3H3. The Balaban J connectivity index is 2.10. The van der Waals surface area contributed by atoms with Crippen molar-refractivity contribution in [2.45, 2.75) is 32.9 Å². The Morgan fingerprint density at radius 3 is 2.89 bits per heavy atom. The van der Waals surface area contributed by atoms with Crippen LogP contribution in [0.2, 0.25) is 0 Å². The van der Waals surface area contributed by atoms with Crippen LogP contribution in [0.4, 0.5) is 0 Å². The summed E-state index contributed by atoms with van der Waals surface area (Å²) < 4.78 is 1.23. The summed E-state index contributed by atoms with van der Waals surface area (Å²) in [7, 11) is 0. The molecule has 0 aliphatic heterocycles. The van der Waals surface area contributed by atoms with Crippen LogP contribution in [-0.2, 0) is 0 Å². The fourth-order valence-electron chi connectivity index (χ4n) is 1.91. The average molecular weight is 264 g/mol. The number of aliphatic hydroxyl groups is 1. The molecule has 3 unspecified atom stereocenters. The van der Waals surface area contributed by atoms with Gasteiger partial charge in [0.15, 0.2) is 0 Å². The van der Waals surface area contributed by atoms with Crippen LogP contribution in [0, 0.1) is 5.92 Å². The second-order valence-electron chi connectivity index (χ2n) is 4.91. The fourth-order valence-corrected chi connectivity index (χ4v) is 2.70. The highest BCUT2D eigenvalue weighted by molar-refractivity contribution is 7.17. The second kappa shape index (κ2) is 5.78. The molecule has 0 saturated carbocycles. The highest BCUT2D eigenvalue weighted by Crippen LogP contribution is 2.23. The van der Waals surface area contributed by atoms with Gasteiger partial charge in [-0.05, 0) is 42.8 Å². The van der Waals surface area contributed by atoms with E-state index in [0.717, 1.165) is 5.52 Å². The average Bonchev–Trinajstić information content (AvgIpc) is 2.84. The first-order valence-electron chi connectivity index (χ1n) is 6.32. The van der Waals surface area contributed by atoms with E-state index in [1.807, 2.05) is 19.2 Å². The predicted molar refractivity (Wildman–Crippen MR) is 76.9 cm³/mol. The SMILES string of the molecule is CC(NC(C)C(C)CO)c1cnc2ccsc2c1. The Morgan fingerprint density at radius 1 is 1.39 bits per heavy atom. The summed E-state index contributed by atoms with van der Waals surface area (Å²) in [4.78, 5) is 4.46. The molecule has 2 aromatic heterocycles. The quantitative estimate of drug-likeness (QED) is 0.872. The number of hydrogen-bond donors (Lipinski definition) is 2. The van der Waals surface area contributed by atoms with Crippen LogP contribution in [-0.4, -0.2) is 22.7 Å². The molecule has 0 aliphatic carbocycles. The molecular weight excluding hydrogens is 244 g/mol. The lowest BCUT2D eigenvalue weighted by Gasteiger charge is -2.24. The molecule has 3 atom stereocenters. The molecule has 0 saturated heterocycles. The zero-order valence-electron chi connectivity index (χ0n) is 11.1. The number of thiophene rings is 1. The Labute approximate surface area is 112 Å². The second-order valence-corrected chi connectivity index (χ2v) is 5.86. The maximum atomic E-state index is 9.15. The number of nitrogens with zero attached hydrogens (tertiary/aromatic N) is 1. The Bertz CT molecular complexity index is 511. The lowest BCUT2D eigenvalue weighted by molar-refractivity contribution is 0.202. The molecule has 98 valence electrons. The third-order valence-electron chi connectivity index (χ3n) is 3.48. The van der Waals surface area contributed by atoms with Gasteiger partial charge in [0.1, 0.15) is 0 Å². The largest absolute Gasteiger partial charge is 0.396 e. The summed E-state index contributed by atoms with van der Waals surface area (Å²) in [5.41, 5.74) is 2.26. The van der Waals surface area contributed by atoms with Crippen LogP contribution >= 0.6 is 11.3 Å². The molecule has 0 aliphatic rings. The minimum atomic E-state index is 0.211. The summed E-state index contributed by atoms with van der Waals surface area (Å²) in [5, 5.41) is 14.7. The molecular formula is C14H20N2OS. The molecule has 2 aromatic rings. The van der Waals surface area contributed by atoms with E-state index in [2.05, 4.69) is 35.6 Å². The van der Waals surface area contributed by atoms with E-state index in [1.165, 1.54) is 10.3 Å². The molecule has 2 heterocycles. The third kappa shape index (κ3) is 2.88. The van der Waals surface area contributed by atoms with Crippen molar-refractivity contribution >= 4 is 21.6 Å². The number of nitrogens with one attached hydrogen (secondary N) is 1. The van der Waals surface area contributed by atoms with E-state index in [-0.39, 0.29) is 24.6 Å². The van der Waals surface area contributed by atoms with Crippen LogP contribution < -0.4 is 5.32 Å². The predicted octanol–water partition coefficient (Wildman–Crippen LogP) is 2.96. The molecule has 2 N–H and O–H groups in total. The highest BCUT2D eigenvalue weighted by Gasteiger charge is 2.15. The van der Waals surface area contributed by atoms with Gasteiger partial charge in [-0.2, -0.15) is 0 Å². The van der Waals surface area contributed by atoms with Crippen molar-refractivity contribution in [1.82, 2.24) is 10.3 Å². The van der Waals surface area contributed by atoms with Gasteiger partial charge in [-0.3, -0.25) is 4.98 Å². The molecule has 0 radical (unpaired) electrons. The van der Waals surface area contributed by atoms with E-state index in [9.17, 15) is 0 Å². The van der Waals surface area contributed by atoms with Gasteiger partial charge in [-0.1, -0.05) is 6.92 Å². The molecule has 3 nitrogen and oxygen atoms in total. The first-order valence-corrected chi connectivity index (χ1v) is 7.20. The summed E-state index contributed by atoms with van der Waals surface area (Å²) in [5.74, 6) is 0.255. The molecule has 4 heteroatoms. The Morgan fingerprint density at radius 2 is 2.17 bits per heavy atom. The zero-order valence-corrected chi connectivity index (χ0v) is 11.9. The molecule has 0 fully saturated rings. The topological polar surface area (TPSA) is 45.1 Å². The number of aromatic nitrogens is 1. The fraction of sp³-hybridized carbons (Fsp3) is 0.500. The smallest absolute Gasteiger partial charge is 0.0809 e. The lowest BCUT2D eigenvalue weighted by Crippen LogP contribution is -2.35. The zero-order chi connectivity index (χ0) is 13.1. The molecule has 0 amide bonds. The van der Waals surface area contributed by atoms with Crippen molar-refractivity contribution in [1.29, 1.82) is 0 Å². The molecule has 0 bridgehead atoms. The monoisotopic (exact) mass is 264 g/mol. The van der Waals surface area contributed by atoms with Crippen molar-refractivity contribution in [3.8, 4) is 0 Å². The van der Waals surface area contributed by atoms with Crippen molar-refractivity contribution in [3.63, 3.8) is 0 Å². The Kier molecular flexibility index (Phi) is 4.32. The van der Waals surface area contributed by atoms with Crippen molar-refractivity contribution in [3.05, 3.63) is 29.3 Å². The third-order valence-corrected chi connectivity index (χ3v) is 4.33. The number of fused-ring (bicyclic) bond motifs is 1. The number of pyridine rings is 1. The summed E-state index contributed by atoms with van der Waals surface area (Å²) in [6.07, 6.45) is 1.93. The Hall–Kier alpha value is -0.970. The minimum Gasteiger partial charge on any atom is -0.396 e. The van der Waals surface area contributed by atoms with Crippen LogP contribution in [0.15, 0.2) is 23.7 Å². The summed E-state index contributed by atoms with van der Waals surface area (Å²) >= 11 is 1.72. The van der Waals surface area contributed by atoms with Gasteiger partial charge >= 0.3 is 0 Å². The number of aliphatic hydroxyl groups excluding tert-OH is 1. The number of hydrogen-bond acceptors (Lipinski definition) is 4. The van der Waals surface area contributed by atoms with Gasteiger partial charge in [0.05, 0.1) is 10.2 Å². The van der Waals surface area contributed by atoms with Gasteiger partial charge in [0.25, 0.3) is 0 Å². The van der Waals surface area contributed by atoms with E-state index < -0.39 is 0 Å². The molecule has 0 aromatic carbocycles. The van der Waals surface area contributed by atoms with Gasteiger partial charge in [-0.25, -0.2) is 0 Å². The molecule has 18 heavy (non-hydrogen) atoms. The van der Waals surface area contributed by atoms with Crippen LogP contribution in [0.5, 0.6) is 0 Å². The maximum absolute atomic E-state index is 9.15. The first-order chi connectivity index (χ1) is 8.61. The molecule has 0 spiro atoms. The van der Waals surface area contributed by atoms with Gasteiger partial charge < -0.3 is 10.4 Å². The maximum Gasteiger partial charge on any atom is 0.0809 e. The van der Waals surface area contributed by atoms with E-state index in [0.29, 0.717) is 0 Å². The van der Waals surface area contributed by atoms with E-state index >= 15 is 0 Å².